The van der Waals surface area contributed by atoms with E-state index in [4.69, 9.17) is 10.7 Å². The monoisotopic (exact) mass is 471 g/mol. The number of aromatic nitrogens is 1. The minimum atomic E-state index is -0.234. The highest BCUT2D eigenvalue weighted by atomic mass is 16.2. The highest BCUT2D eigenvalue weighted by Gasteiger charge is 2.45. The van der Waals surface area contributed by atoms with E-state index in [1.807, 2.05) is 24.3 Å². The van der Waals surface area contributed by atoms with Gasteiger partial charge < -0.3 is 20.9 Å². The first kappa shape index (κ1) is 22.1. The van der Waals surface area contributed by atoms with Gasteiger partial charge >= 0.3 is 0 Å². The number of nitrogens with one attached hydrogen (secondary N) is 1. The molecule has 3 N–H and O–H groups in total. The highest BCUT2D eigenvalue weighted by molar-refractivity contribution is 5.99. The van der Waals surface area contributed by atoms with E-state index < -0.39 is 0 Å². The first-order valence-corrected chi connectivity index (χ1v) is 12.9. The van der Waals surface area contributed by atoms with E-state index in [9.17, 15) is 9.59 Å². The molecule has 4 aliphatic rings. The SMILES string of the molecule is C=CC(=O)Nc1cccc(-c2cc(N)c(N3CCN(C(=O)C4CC4)[C@H](C4CC4)C3)nc2C2CC2)c1. The molecule has 1 saturated heterocycles. The smallest absolute Gasteiger partial charge is 0.247 e. The molecule has 0 spiro atoms. The number of piperazine rings is 1. The van der Waals surface area contributed by atoms with Crippen LogP contribution in [0.15, 0.2) is 43.0 Å². The van der Waals surface area contributed by atoms with Crippen molar-refractivity contribution in [2.24, 2.45) is 11.8 Å². The van der Waals surface area contributed by atoms with Crippen LogP contribution in [0.2, 0.25) is 0 Å². The molecule has 1 atom stereocenters. The van der Waals surface area contributed by atoms with E-state index in [0.29, 0.717) is 23.4 Å². The largest absolute Gasteiger partial charge is 0.396 e. The lowest BCUT2D eigenvalue weighted by Crippen LogP contribution is -2.57. The summed E-state index contributed by atoms with van der Waals surface area (Å²) < 4.78 is 0. The second-order valence-electron chi connectivity index (χ2n) is 10.5. The molecule has 1 aromatic heterocycles. The molecule has 4 fully saturated rings. The number of carbonyl (C=O) groups excluding carboxylic acids is 2. The Morgan fingerprint density at radius 3 is 2.57 bits per heavy atom. The predicted molar refractivity (Wildman–Crippen MR) is 138 cm³/mol. The highest BCUT2D eigenvalue weighted by Crippen LogP contribution is 2.46. The second kappa shape index (κ2) is 8.70. The van der Waals surface area contributed by atoms with Crippen molar-refractivity contribution in [3.8, 4) is 11.1 Å². The van der Waals surface area contributed by atoms with Crippen LogP contribution in [0.1, 0.15) is 50.1 Å². The van der Waals surface area contributed by atoms with Crippen molar-refractivity contribution in [1.82, 2.24) is 9.88 Å². The topological polar surface area (TPSA) is 91.6 Å². The zero-order valence-corrected chi connectivity index (χ0v) is 20.1. The van der Waals surface area contributed by atoms with E-state index in [0.717, 1.165) is 73.6 Å². The van der Waals surface area contributed by atoms with Gasteiger partial charge in [0.15, 0.2) is 5.82 Å². The van der Waals surface area contributed by atoms with Gasteiger partial charge in [0, 0.05) is 42.7 Å². The first-order chi connectivity index (χ1) is 17.0. The Bertz CT molecular complexity index is 1180. The molecular weight excluding hydrogens is 438 g/mol. The molecule has 7 heteroatoms. The van der Waals surface area contributed by atoms with Crippen LogP contribution in [0.25, 0.3) is 11.1 Å². The van der Waals surface area contributed by atoms with E-state index in [-0.39, 0.29) is 17.9 Å². The molecular formula is C28H33N5O2. The van der Waals surface area contributed by atoms with Crippen molar-refractivity contribution >= 4 is 29.0 Å². The van der Waals surface area contributed by atoms with E-state index in [1.54, 1.807) is 0 Å². The third-order valence-corrected chi connectivity index (χ3v) is 7.74. The fourth-order valence-electron chi connectivity index (χ4n) is 5.37. The van der Waals surface area contributed by atoms with Crippen molar-refractivity contribution < 1.29 is 9.59 Å². The molecule has 1 aliphatic heterocycles. The molecule has 2 aromatic rings. The zero-order chi connectivity index (χ0) is 24.1. The quantitative estimate of drug-likeness (QED) is 0.592. The molecule has 35 heavy (non-hydrogen) atoms. The minimum absolute atomic E-state index is 0.234. The van der Waals surface area contributed by atoms with Gasteiger partial charge in [0.1, 0.15) is 0 Å². The lowest BCUT2D eigenvalue weighted by molar-refractivity contribution is -0.135. The van der Waals surface area contributed by atoms with Gasteiger partial charge in [-0.05, 0) is 74.3 Å². The lowest BCUT2D eigenvalue weighted by Gasteiger charge is -2.43. The summed E-state index contributed by atoms with van der Waals surface area (Å²) >= 11 is 0. The molecule has 0 bridgehead atoms. The van der Waals surface area contributed by atoms with Crippen LogP contribution < -0.4 is 16.0 Å². The molecule has 2 amide bonds. The third kappa shape index (κ3) is 4.51. The summed E-state index contributed by atoms with van der Waals surface area (Å²) in [5.74, 6) is 2.29. The van der Waals surface area contributed by atoms with Gasteiger partial charge in [0.05, 0.1) is 17.4 Å². The van der Waals surface area contributed by atoms with Crippen molar-refractivity contribution in [1.29, 1.82) is 0 Å². The summed E-state index contributed by atoms with van der Waals surface area (Å²) in [5.41, 5.74) is 11.1. The van der Waals surface area contributed by atoms with Crippen LogP contribution in [0.4, 0.5) is 17.2 Å². The van der Waals surface area contributed by atoms with Gasteiger partial charge in [-0.2, -0.15) is 0 Å². The van der Waals surface area contributed by atoms with Crippen LogP contribution in [0, 0.1) is 11.8 Å². The summed E-state index contributed by atoms with van der Waals surface area (Å²) in [4.78, 5) is 34.3. The maximum absolute atomic E-state index is 12.9. The Labute approximate surface area is 206 Å². The lowest BCUT2D eigenvalue weighted by atomic mass is 9.99. The fraction of sp³-hybridized carbons (Fsp3) is 0.464. The van der Waals surface area contributed by atoms with E-state index in [2.05, 4.69) is 27.8 Å². The third-order valence-electron chi connectivity index (χ3n) is 7.74. The minimum Gasteiger partial charge on any atom is -0.396 e. The van der Waals surface area contributed by atoms with Crippen LogP contribution in [0.3, 0.4) is 0 Å². The van der Waals surface area contributed by atoms with Crippen molar-refractivity contribution in [2.75, 3.05) is 35.6 Å². The number of nitrogens with zero attached hydrogens (tertiary/aromatic N) is 3. The number of rotatable bonds is 7. The molecule has 182 valence electrons. The van der Waals surface area contributed by atoms with Gasteiger partial charge in [0.2, 0.25) is 11.8 Å². The average Bonchev–Trinajstić information content (AvgIpc) is 3.73. The Kier molecular flexibility index (Phi) is 5.50. The van der Waals surface area contributed by atoms with Gasteiger partial charge in [-0.3, -0.25) is 9.59 Å². The molecule has 3 saturated carbocycles. The molecule has 0 radical (unpaired) electrons. The van der Waals surface area contributed by atoms with Crippen LogP contribution >= 0.6 is 0 Å². The normalized spacial score (nSPS) is 22.1. The average molecular weight is 472 g/mol. The Hall–Kier alpha value is -3.35. The van der Waals surface area contributed by atoms with Gasteiger partial charge in [0.25, 0.3) is 0 Å². The summed E-state index contributed by atoms with van der Waals surface area (Å²) in [6.07, 6.45) is 8.05. The summed E-state index contributed by atoms with van der Waals surface area (Å²) in [7, 11) is 0. The van der Waals surface area contributed by atoms with E-state index in [1.165, 1.54) is 18.9 Å². The summed E-state index contributed by atoms with van der Waals surface area (Å²) in [6, 6.07) is 10.1. The summed E-state index contributed by atoms with van der Waals surface area (Å²) in [6.45, 7) is 5.86. The maximum atomic E-state index is 12.9. The molecule has 7 nitrogen and oxygen atoms in total. The molecule has 6 rings (SSSR count). The molecule has 2 heterocycles. The van der Waals surface area contributed by atoms with Crippen LogP contribution in [-0.4, -0.2) is 47.4 Å². The first-order valence-electron chi connectivity index (χ1n) is 12.9. The Balaban J connectivity index is 1.29. The van der Waals surface area contributed by atoms with E-state index >= 15 is 0 Å². The molecule has 1 aromatic carbocycles. The molecule has 0 unspecified atom stereocenters. The second-order valence-corrected chi connectivity index (χ2v) is 10.5. The Morgan fingerprint density at radius 2 is 1.89 bits per heavy atom. The van der Waals surface area contributed by atoms with Crippen LogP contribution in [-0.2, 0) is 9.59 Å². The van der Waals surface area contributed by atoms with Gasteiger partial charge in [-0.25, -0.2) is 4.98 Å². The number of benzene rings is 1. The number of hydrogen-bond donors (Lipinski definition) is 2. The molecule has 3 aliphatic carbocycles. The van der Waals surface area contributed by atoms with Gasteiger partial charge in [-0.15, -0.1) is 0 Å². The predicted octanol–water partition coefficient (Wildman–Crippen LogP) is 4.17. The Morgan fingerprint density at radius 1 is 1.09 bits per heavy atom. The van der Waals surface area contributed by atoms with Crippen LogP contribution in [0.5, 0.6) is 0 Å². The number of pyridine rings is 1. The summed E-state index contributed by atoms with van der Waals surface area (Å²) in [5, 5.41) is 2.84. The number of carbonyl (C=O) groups is 2. The fourth-order valence-corrected chi connectivity index (χ4v) is 5.37. The standard InChI is InChI=1S/C28H33N5O2/c1-2-25(34)30-21-5-3-4-20(14-21)22-15-23(29)27(31-26(22)18-8-9-18)32-12-13-33(28(35)19-10-11-19)24(16-32)17-6-7-17/h2-5,14-15,17-19,24H,1,6-13,16,29H2,(H,30,34)/t24-/m0/s1. The van der Waals surface area contributed by atoms with Crippen molar-refractivity contribution in [2.45, 2.75) is 50.5 Å². The number of nitrogen functional groups attached to an aromatic ring is 1. The van der Waals surface area contributed by atoms with Crippen molar-refractivity contribution in [3.63, 3.8) is 0 Å². The number of amides is 2. The van der Waals surface area contributed by atoms with Gasteiger partial charge in [-0.1, -0.05) is 18.7 Å². The van der Waals surface area contributed by atoms with Crippen molar-refractivity contribution in [3.05, 3.63) is 48.7 Å². The zero-order valence-electron chi connectivity index (χ0n) is 20.1. The maximum Gasteiger partial charge on any atom is 0.247 e. The number of hydrogen-bond acceptors (Lipinski definition) is 5. The number of anilines is 3. The number of nitrogens with two attached hydrogens (primary N) is 1.